The number of aromatic nitrogens is 2. The summed E-state index contributed by atoms with van der Waals surface area (Å²) in [6.07, 6.45) is 7.64. The minimum atomic E-state index is -3.84. The average Bonchev–Trinajstić information content (AvgIpc) is 3.44. The van der Waals surface area contributed by atoms with Crippen LogP contribution in [0.2, 0.25) is 5.02 Å². The third-order valence-electron chi connectivity index (χ3n) is 11.1. The molecule has 0 bridgehead atoms. The minimum absolute atomic E-state index is 0.00322. The highest BCUT2D eigenvalue weighted by molar-refractivity contribution is 7.92. The van der Waals surface area contributed by atoms with Crippen LogP contribution in [0, 0.1) is 17.8 Å². The van der Waals surface area contributed by atoms with Crippen molar-refractivity contribution in [2.75, 3.05) is 44.6 Å². The number of amides is 2. The van der Waals surface area contributed by atoms with E-state index < -0.39 is 39.2 Å². The van der Waals surface area contributed by atoms with E-state index in [0.29, 0.717) is 35.8 Å². The molecule has 2 aliphatic carbocycles. The maximum Gasteiger partial charge on any atom is 0.286 e. The highest BCUT2D eigenvalue weighted by atomic mass is 35.5. The van der Waals surface area contributed by atoms with Crippen molar-refractivity contribution in [1.29, 1.82) is 0 Å². The lowest BCUT2D eigenvalue weighted by molar-refractivity contribution is -0.117. The van der Waals surface area contributed by atoms with Gasteiger partial charge in [-0.3, -0.25) is 23.8 Å². The first-order chi connectivity index (χ1) is 25.3. The Bertz CT molecular complexity index is 2040. The van der Waals surface area contributed by atoms with E-state index in [1.54, 1.807) is 39.3 Å². The molecule has 1 spiro atoms. The van der Waals surface area contributed by atoms with E-state index in [-0.39, 0.29) is 28.5 Å². The molecule has 284 valence electrons. The number of fused-ring (bicyclic) bond motifs is 3. The van der Waals surface area contributed by atoms with Crippen LogP contribution >= 0.6 is 11.6 Å². The Hall–Kier alpha value is -4.20. The fourth-order valence-corrected chi connectivity index (χ4v) is 10.0. The van der Waals surface area contributed by atoms with Gasteiger partial charge in [-0.2, -0.15) is 0 Å². The molecule has 12 nitrogen and oxygen atoms in total. The lowest BCUT2D eigenvalue weighted by Gasteiger charge is -2.45. The zero-order valence-corrected chi connectivity index (χ0v) is 32.5. The number of ether oxygens (including phenoxy) is 3. The molecule has 0 radical (unpaired) electrons. The number of nitrogens with zero attached hydrogens (tertiary/aromatic N) is 4. The van der Waals surface area contributed by atoms with Crippen LogP contribution in [0.4, 0.5) is 5.69 Å². The fraction of sp³-hybridized carbons (Fsp3) is 0.487. The van der Waals surface area contributed by atoms with Gasteiger partial charge in [0.25, 0.3) is 11.8 Å². The molecular weight excluding hydrogens is 718 g/mol. The van der Waals surface area contributed by atoms with Gasteiger partial charge in [0.2, 0.25) is 5.88 Å². The largest absolute Gasteiger partial charge is 0.490 e. The van der Waals surface area contributed by atoms with Crippen molar-refractivity contribution in [3.05, 3.63) is 82.5 Å². The first-order valence-corrected chi connectivity index (χ1v) is 20.0. The summed E-state index contributed by atoms with van der Waals surface area (Å²) in [5, 5.41) is 4.80. The molecule has 2 aromatic carbocycles. The van der Waals surface area contributed by atoms with Gasteiger partial charge in [0.15, 0.2) is 5.78 Å². The van der Waals surface area contributed by atoms with Crippen LogP contribution in [-0.4, -0.2) is 77.4 Å². The van der Waals surface area contributed by atoms with E-state index in [0.717, 1.165) is 50.4 Å². The molecule has 6 rings (SSSR count). The standard InChI is InChI=1S/C39H48ClN5O7S/c1-7-34(46)24(2)21-53(49,43-37(48)31-20-44(4)41-38(31)51-6)42-36(47)27-11-15-35-33(18-27)45(19-28-10-13-30(28)25(3)50-5)22-39(23-52-35)16-8-9-26-17-29(40)12-14-32(26)39/h7,11-12,14-15,17-18,20,24-25,28,30H,1,8-10,13,16,19,21-23H2,2-6H3,(H,42,43,47,48,49)/t24-,25+,28+,30+,39+,53?/m1/s1. The first kappa shape index (κ1) is 38.5. The predicted octanol–water partition coefficient (Wildman–Crippen LogP) is 5.96. The third kappa shape index (κ3) is 8.02. The SMILES string of the molecule is C=CC(=O)[C@H](C)CS(=O)(=NC(=O)c1ccc2c(c1)N(C[C@@H]1CC[C@H]1[C@H](C)OC)C[C@@]1(CCCc3cc(Cl)ccc31)CO2)NC(=O)c1cn(C)nc1OC. The maximum absolute atomic E-state index is 14.4. The zero-order chi connectivity index (χ0) is 38.1. The number of anilines is 1. The van der Waals surface area contributed by atoms with Crippen molar-refractivity contribution in [1.82, 2.24) is 14.5 Å². The number of rotatable bonds is 12. The monoisotopic (exact) mass is 765 g/mol. The molecule has 2 amide bonds. The van der Waals surface area contributed by atoms with Gasteiger partial charge in [0.05, 0.1) is 31.3 Å². The summed E-state index contributed by atoms with van der Waals surface area (Å²) < 4.78 is 39.9. The van der Waals surface area contributed by atoms with E-state index in [1.165, 1.54) is 29.1 Å². The third-order valence-corrected chi connectivity index (χ3v) is 13.2. The maximum atomic E-state index is 14.4. The topological polar surface area (TPSA) is 141 Å². The molecule has 3 aromatic rings. The van der Waals surface area contributed by atoms with E-state index in [9.17, 15) is 18.6 Å². The molecule has 1 unspecified atom stereocenters. The molecule has 2 heterocycles. The van der Waals surface area contributed by atoms with Crippen LogP contribution in [0.1, 0.15) is 71.4 Å². The van der Waals surface area contributed by atoms with Crippen LogP contribution in [0.3, 0.4) is 0 Å². The summed E-state index contributed by atoms with van der Waals surface area (Å²) in [7, 11) is 0.865. The second-order valence-electron chi connectivity index (χ2n) is 14.6. The molecule has 14 heteroatoms. The van der Waals surface area contributed by atoms with Gasteiger partial charge < -0.3 is 19.1 Å². The van der Waals surface area contributed by atoms with Gasteiger partial charge in [-0.15, -0.1) is 9.46 Å². The lowest BCUT2D eigenvalue weighted by atomic mass is 9.68. The summed E-state index contributed by atoms with van der Waals surface area (Å²) >= 11 is 6.44. The van der Waals surface area contributed by atoms with Crippen LogP contribution in [0.25, 0.3) is 0 Å². The zero-order valence-electron chi connectivity index (χ0n) is 30.9. The van der Waals surface area contributed by atoms with Crippen molar-refractivity contribution in [2.24, 2.45) is 29.2 Å². The molecule has 0 saturated heterocycles. The number of halogens is 1. The average molecular weight is 766 g/mol. The summed E-state index contributed by atoms with van der Waals surface area (Å²) in [5.41, 5.74) is 3.07. The van der Waals surface area contributed by atoms with Crippen molar-refractivity contribution in [3.8, 4) is 11.6 Å². The molecule has 1 N–H and O–H groups in total. The Labute approximate surface area is 316 Å². The van der Waals surface area contributed by atoms with Crippen LogP contribution < -0.4 is 19.1 Å². The quantitative estimate of drug-likeness (QED) is 0.221. The molecule has 1 fully saturated rings. The van der Waals surface area contributed by atoms with E-state index in [4.69, 9.17) is 25.8 Å². The molecule has 53 heavy (non-hydrogen) atoms. The minimum Gasteiger partial charge on any atom is -0.490 e. The van der Waals surface area contributed by atoms with E-state index >= 15 is 0 Å². The number of hydrogen-bond acceptors (Lipinski definition) is 9. The summed E-state index contributed by atoms with van der Waals surface area (Å²) in [6, 6.07) is 11.2. The number of benzene rings is 2. The second-order valence-corrected chi connectivity index (χ2v) is 17.0. The number of aryl methyl sites for hydroxylation is 2. The molecule has 1 aliphatic heterocycles. The predicted molar refractivity (Wildman–Crippen MR) is 204 cm³/mol. The molecule has 1 saturated carbocycles. The Balaban J connectivity index is 1.38. The Morgan fingerprint density at radius 3 is 2.70 bits per heavy atom. The summed E-state index contributed by atoms with van der Waals surface area (Å²) in [4.78, 5) is 42.3. The molecule has 6 atom stereocenters. The number of hydrogen-bond donors (Lipinski definition) is 1. The van der Waals surface area contributed by atoms with Crippen molar-refractivity contribution < 1.29 is 32.8 Å². The highest BCUT2D eigenvalue weighted by Gasteiger charge is 2.44. The Morgan fingerprint density at radius 2 is 2.00 bits per heavy atom. The molecular formula is C39H48ClN5O7S. The normalized spacial score (nSPS) is 22.8. The van der Waals surface area contributed by atoms with Gasteiger partial charge in [-0.25, -0.2) is 4.21 Å². The molecule has 1 aromatic heterocycles. The van der Waals surface area contributed by atoms with E-state index in [2.05, 4.69) is 44.7 Å². The fourth-order valence-electron chi connectivity index (χ4n) is 8.03. The van der Waals surface area contributed by atoms with Crippen molar-refractivity contribution in [3.63, 3.8) is 0 Å². The number of carbonyl (C=O) groups excluding carboxylic acids is 3. The van der Waals surface area contributed by atoms with Gasteiger partial charge in [-0.1, -0.05) is 31.2 Å². The van der Waals surface area contributed by atoms with Crippen LogP contribution in [0.5, 0.6) is 11.6 Å². The Morgan fingerprint density at radius 1 is 1.21 bits per heavy atom. The number of allylic oxidation sites excluding steroid dienone is 1. The summed E-state index contributed by atoms with van der Waals surface area (Å²) in [5.74, 6) is -1.86. The van der Waals surface area contributed by atoms with Gasteiger partial charge in [0.1, 0.15) is 21.2 Å². The number of ketones is 1. The lowest BCUT2D eigenvalue weighted by Crippen LogP contribution is -2.49. The molecule has 3 aliphatic rings. The van der Waals surface area contributed by atoms with Gasteiger partial charge >= 0.3 is 0 Å². The number of nitrogens with one attached hydrogen (secondary N) is 1. The smallest absolute Gasteiger partial charge is 0.286 e. The van der Waals surface area contributed by atoms with Gasteiger partial charge in [-0.05, 0) is 98.4 Å². The summed E-state index contributed by atoms with van der Waals surface area (Å²) in [6.45, 7) is 9.03. The first-order valence-electron chi connectivity index (χ1n) is 18.0. The Kier molecular flexibility index (Phi) is 11.4. The number of methoxy groups -OCH3 is 2. The second kappa shape index (κ2) is 15.6. The van der Waals surface area contributed by atoms with Crippen LogP contribution in [-0.2, 0) is 38.3 Å². The number of carbonyl (C=O) groups is 3. The van der Waals surface area contributed by atoms with Crippen LogP contribution in [0.15, 0.2) is 59.6 Å². The highest BCUT2D eigenvalue weighted by Crippen LogP contribution is 2.47. The van der Waals surface area contributed by atoms with E-state index in [1.807, 2.05) is 6.07 Å². The van der Waals surface area contributed by atoms with Gasteiger partial charge in [0, 0.05) is 55.4 Å². The van der Waals surface area contributed by atoms with Crippen molar-refractivity contribution in [2.45, 2.75) is 57.5 Å². The van der Waals surface area contributed by atoms with Crippen molar-refractivity contribution >= 4 is 44.8 Å².